The molecule has 0 bridgehead atoms. The first-order valence-corrected chi connectivity index (χ1v) is 3.79. The first kappa shape index (κ1) is 9.51. The molecule has 0 radical (unpaired) electrons. The highest BCUT2D eigenvalue weighted by Crippen LogP contribution is 2.25. The standard InChI is InChI=1S/C9H9FO3/c1-2-13-7-3-6(5-11)9(10)8(12)4-7/h3-5,12H,2H2,1H3. The molecule has 1 rings (SSSR count). The van der Waals surface area contributed by atoms with Crippen molar-refractivity contribution in [1.82, 2.24) is 0 Å². The summed E-state index contributed by atoms with van der Waals surface area (Å²) in [6.45, 7) is 2.14. The van der Waals surface area contributed by atoms with Crippen molar-refractivity contribution in [1.29, 1.82) is 0 Å². The molecule has 4 heteroatoms. The number of aromatic hydroxyl groups is 1. The summed E-state index contributed by atoms with van der Waals surface area (Å²) in [5.74, 6) is -1.21. The highest BCUT2D eigenvalue weighted by molar-refractivity contribution is 5.77. The lowest BCUT2D eigenvalue weighted by molar-refractivity contribution is 0.111. The number of phenols is 1. The molecule has 0 aromatic heterocycles. The van der Waals surface area contributed by atoms with Gasteiger partial charge in [0.15, 0.2) is 17.9 Å². The van der Waals surface area contributed by atoms with E-state index in [4.69, 9.17) is 9.84 Å². The van der Waals surface area contributed by atoms with Crippen molar-refractivity contribution in [3.63, 3.8) is 0 Å². The van der Waals surface area contributed by atoms with Gasteiger partial charge < -0.3 is 9.84 Å². The minimum atomic E-state index is -0.918. The Hall–Kier alpha value is -1.58. The first-order chi connectivity index (χ1) is 6.19. The first-order valence-electron chi connectivity index (χ1n) is 3.79. The second-order valence-corrected chi connectivity index (χ2v) is 2.40. The Morgan fingerprint density at radius 3 is 2.85 bits per heavy atom. The van der Waals surface area contributed by atoms with Crippen LogP contribution >= 0.6 is 0 Å². The minimum Gasteiger partial charge on any atom is -0.505 e. The van der Waals surface area contributed by atoms with E-state index >= 15 is 0 Å². The van der Waals surface area contributed by atoms with E-state index in [1.165, 1.54) is 6.07 Å². The number of ether oxygens (including phenoxy) is 1. The third kappa shape index (κ3) is 1.96. The van der Waals surface area contributed by atoms with Crippen LogP contribution < -0.4 is 4.74 Å². The summed E-state index contributed by atoms with van der Waals surface area (Å²) in [4.78, 5) is 10.3. The summed E-state index contributed by atoms with van der Waals surface area (Å²) in [7, 11) is 0. The van der Waals surface area contributed by atoms with Crippen LogP contribution in [0.5, 0.6) is 11.5 Å². The second-order valence-electron chi connectivity index (χ2n) is 2.40. The van der Waals surface area contributed by atoms with Crippen LogP contribution in [0.3, 0.4) is 0 Å². The largest absolute Gasteiger partial charge is 0.505 e. The van der Waals surface area contributed by atoms with E-state index in [0.29, 0.717) is 12.9 Å². The fourth-order valence-electron chi connectivity index (χ4n) is 0.940. The Bertz CT molecular complexity index is 323. The molecule has 70 valence electrons. The van der Waals surface area contributed by atoms with Gasteiger partial charge in [0.1, 0.15) is 5.75 Å². The van der Waals surface area contributed by atoms with Crippen LogP contribution in [-0.2, 0) is 0 Å². The molecule has 0 heterocycles. The number of hydrogen-bond donors (Lipinski definition) is 1. The van der Waals surface area contributed by atoms with E-state index in [1.807, 2.05) is 0 Å². The van der Waals surface area contributed by atoms with Crippen molar-refractivity contribution >= 4 is 6.29 Å². The number of carbonyl (C=O) groups excluding carboxylic acids is 1. The molecular weight excluding hydrogens is 175 g/mol. The Labute approximate surface area is 74.8 Å². The molecular formula is C9H9FO3. The highest BCUT2D eigenvalue weighted by atomic mass is 19.1. The average molecular weight is 184 g/mol. The van der Waals surface area contributed by atoms with Gasteiger partial charge in [0, 0.05) is 6.07 Å². The van der Waals surface area contributed by atoms with Crippen LogP contribution in [0.15, 0.2) is 12.1 Å². The predicted octanol–water partition coefficient (Wildman–Crippen LogP) is 1.74. The van der Waals surface area contributed by atoms with Crippen LogP contribution in [0, 0.1) is 5.82 Å². The van der Waals surface area contributed by atoms with E-state index in [2.05, 4.69) is 0 Å². The van der Waals surface area contributed by atoms with Crippen LogP contribution in [-0.4, -0.2) is 18.0 Å². The number of halogens is 1. The number of aldehydes is 1. The summed E-state index contributed by atoms with van der Waals surface area (Å²) in [5.41, 5.74) is -0.205. The minimum absolute atomic E-state index is 0.205. The van der Waals surface area contributed by atoms with Gasteiger partial charge >= 0.3 is 0 Å². The molecule has 0 atom stereocenters. The maximum atomic E-state index is 12.9. The Morgan fingerprint density at radius 2 is 2.31 bits per heavy atom. The molecule has 0 aliphatic heterocycles. The molecule has 3 nitrogen and oxygen atoms in total. The van der Waals surface area contributed by atoms with E-state index < -0.39 is 11.6 Å². The van der Waals surface area contributed by atoms with E-state index in [-0.39, 0.29) is 11.3 Å². The van der Waals surface area contributed by atoms with Crippen LogP contribution in [0.2, 0.25) is 0 Å². The molecule has 1 N–H and O–H groups in total. The fraction of sp³-hybridized carbons (Fsp3) is 0.222. The van der Waals surface area contributed by atoms with Gasteiger partial charge in [-0.3, -0.25) is 4.79 Å². The van der Waals surface area contributed by atoms with Crippen LogP contribution in [0.4, 0.5) is 4.39 Å². The second kappa shape index (κ2) is 3.89. The lowest BCUT2D eigenvalue weighted by Crippen LogP contribution is -1.95. The molecule has 0 aliphatic carbocycles. The van der Waals surface area contributed by atoms with Gasteiger partial charge in [-0.05, 0) is 13.0 Å². The van der Waals surface area contributed by atoms with Gasteiger partial charge in [-0.1, -0.05) is 0 Å². The van der Waals surface area contributed by atoms with E-state index in [0.717, 1.165) is 6.07 Å². The van der Waals surface area contributed by atoms with Crippen molar-refractivity contribution < 1.29 is 19.0 Å². The maximum Gasteiger partial charge on any atom is 0.175 e. The monoisotopic (exact) mass is 184 g/mol. The molecule has 1 aromatic rings. The predicted molar refractivity (Wildman–Crippen MR) is 44.6 cm³/mol. The smallest absolute Gasteiger partial charge is 0.175 e. The molecule has 1 aromatic carbocycles. The fourth-order valence-corrected chi connectivity index (χ4v) is 0.940. The lowest BCUT2D eigenvalue weighted by atomic mass is 10.2. The molecule has 0 saturated carbocycles. The van der Waals surface area contributed by atoms with Crippen molar-refractivity contribution in [2.45, 2.75) is 6.92 Å². The van der Waals surface area contributed by atoms with Crippen molar-refractivity contribution in [2.75, 3.05) is 6.61 Å². The SMILES string of the molecule is CCOc1cc(O)c(F)c(C=O)c1. The normalized spacial score (nSPS) is 9.69. The molecule has 0 unspecified atom stereocenters. The van der Waals surface area contributed by atoms with Crippen molar-refractivity contribution in [3.05, 3.63) is 23.5 Å². The molecule has 0 aliphatic rings. The van der Waals surface area contributed by atoms with Gasteiger partial charge in [0.05, 0.1) is 12.2 Å². The number of carbonyl (C=O) groups is 1. The summed E-state index contributed by atoms with van der Waals surface area (Å²) < 4.78 is 17.9. The van der Waals surface area contributed by atoms with Gasteiger partial charge in [-0.15, -0.1) is 0 Å². The molecule has 13 heavy (non-hydrogen) atoms. The van der Waals surface area contributed by atoms with Crippen molar-refractivity contribution in [2.24, 2.45) is 0 Å². The highest BCUT2D eigenvalue weighted by Gasteiger charge is 2.09. The Balaban J connectivity index is 3.14. The van der Waals surface area contributed by atoms with Crippen molar-refractivity contribution in [3.8, 4) is 11.5 Å². The molecule has 0 amide bonds. The summed E-state index contributed by atoms with van der Waals surface area (Å²) in [6, 6.07) is 2.37. The average Bonchev–Trinajstić information content (AvgIpc) is 2.11. The van der Waals surface area contributed by atoms with Gasteiger partial charge in [0.2, 0.25) is 0 Å². The van der Waals surface area contributed by atoms with Gasteiger partial charge in [-0.25, -0.2) is 4.39 Å². The number of benzene rings is 1. The van der Waals surface area contributed by atoms with Gasteiger partial charge in [0.25, 0.3) is 0 Å². The van der Waals surface area contributed by atoms with Crippen LogP contribution in [0.1, 0.15) is 17.3 Å². The zero-order valence-electron chi connectivity index (χ0n) is 7.08. The third-order valence-corrected chi connectivity index (χ3v) is 1.49. The number of hydrogen-bond acceptors (Lipinski definition) is 3. The molecule has 0 saturated heterocycles. The lowest BCUT2D eigenvalue weighted by Gasteiger charge is -2.05. The van der Waals surface area contributed by atoms with Crippen LogP contribution in [0.25, 0.3) is 0 Å². The third-order valence-electron chi connectivity index (χ3n) is 1.49. The summed E-state index contributed by atoms with van der Waals surface area (Å²) in [6.07, 6.45) is 0.331. The Morgan fingerprint density at radius 1 is 1.62 bits per heavy atom. The topological polar surface area (TPSA) is 46.5 Å². The van der Waals surface area contributed by atoms with E-state index in [1.54, 1.807) is 6.92 Å². The Kier molecular flexibility index (Phi) is 2.84. The maximum absolute atomic E-state index is 12.9. The van der Waals surface area contributed by atoms with Gasteiger partial charge in [-0.2, -0.15) is 0 Å². The zero-order chi connectivity index (χ0) is 9.84. The molecule has 0 spiro atoms. The number of rotatable bonds is 3. The van der Waals surface area contributed by atoms with E-state index in [9.17, 15) is 9.18 Å². The summed E-state index contributed by atoms with van der Waals surface area (Å²) >= 11 is 0. The summed E-state index contributed by atoms with van der Waals surface area (Å²) in [5, 5.41) is 9.02. The quantitative estimate of drug-likeness (QED) is 0.728. The molecule has 0 fully saturated rings. The number of phenolic OH excluding ortho intramolecular Hbond substituents is 1. The zero-order valence-corrected chi connectivity index (χ0v) is 7.08.